The summed E-state index contributed by atoms with van der Waals surface area (Å²) in [6.07, 6.45) is 1.33. The number of nitrogens with one attached hydrogen (secondary N) is 2. The highest BCUT2D eigenvalue weighted by Gasteiger charge is 2.33. The van der Waals surface area contributed by atoms with Gasteiger partial charge in [0.2, 0.25) is 11.8 Å². The number of rotatable bonds is 2. The molecule has 100 valence electrons. The maximum absolute atomic E-state index is 12.2. The van der Waals surface area contributed by atoms with Crippen molar-refractivity contribution in [2.45, 2.75) is 13.0 Å². The number of hydrogen-bond donors (Lipinski definition) is 3. The first-order valence-electron chi connectivity index (χ1n) is 5.60. The second-order valence-corrected chi connectivity index (χ2v) is 4.10. The molecule has 2 heterocycles. The molecule has 2 rings (SSSR count). The molecule has 19 heavy (non-hydrogen) atoms. The number of carbonyl (C=O) groups excluding carboxylic acids is 3. The lowest BCUT2D eigenvalue weighted by Crippen LogP contribution is -2.58. The van der Waals surface area contributed by atoms with Crippen molar-refractivity contribution in [3.63, 3.8) is 0 Å². The first-order chi connectivity index (χ1) is 9.02. The van der Waals surface area contributed by atoms with Crippen LogP contribution in [0.3, 0.4) is 0 Å². The highest BCUT2D eigenvalue weighted by atomic mass is 16.2. The zero-order chi connectivity index (χ0) is 14.0. The van der Waals surface area contributed by atoms with E-state index in [-0.39, 0.29) is 12.1 Å². The highest BCUT2D eigenvalue weighted by Crippen LogP contribution is 2.12. The van der Waals surface area contributed by atoms with Gasteiger partial charge in [-0.3, -0.25) is 19.7 Å². The Morgan fingerprint density at radius 1 is 1.53 bits per heavy atom. The van der Waals surface area contributed by atoms with E-state index in [0.717, 1.165) is 0 Å². The van der Waals surface area contributed by atoms with Crippen molar-refractivity contribution >= 4 is 23.5 Å². The molecule has 0 bridgehead atoms. The number of amides is 3. The van der Waals surface area contributed by atoms with Crippen molar-refractivity contribution in [1.29, 1.82) is 0 Å². The van der Waals surface area contributed by atoms with Crippen LogP contribution in [0.25, 0.3) is 0 Å². The van der Waals surface area contributed by atoms with Crippen molar-refractivity contribution in [3.05, 3.63) is 23.9 Å². The van der Waals surface area contributed by atoms with E-state index in [4.69, 9.17) is 5.84 Å². The molecule has 1 aromatic heterocycles. The summed E-state index contributed by atoms with van der Waals surface area (Å²) in [4.78, 5) is 40.1. The summed E-state index contributed by atoms with van der Waals surface area (Å²) in [5, 5.41) is 2.17. The fraction of sp³-hybridized carbons (Fsp3) is 0.273. The van der Waals surface area contributed by atoms with E-state index < -0.39 is 23.8 Å². The van der Waals surface area contributed by atoms with Crippen molar-refractivity contribution in [2.75, 3.05) is 12.0 Å². The summed E-state index contributed by atoms with van der Waals surface area (Å²) in [6.45, 7) is 1.41. The lowest BCUT2D eigenvalue weighted by molar-refractivity contribution is -0.138. The molecule has 8 heteroatoms. The fourth-order valence-corrected chi connectivity index (χ4v) is 1.73. The second-order valence-electron chi connectivity index (χ2n) is 4.10. The first-order valence-corrected chi connectivity index (χ1v) is 5.60. The van der Waals surface area contributed by atoms with E-state index in [2.05, 4.69) is 15.7 Å². The summed E-state index contributed by atoms with van der Waals surface area (Å²) in [7, 11) is 0. The number of hydrogen-bond acceptors (Lipinski definition) is 6. The molecular weight excluding hydrogens is 250 g/mol. The van der Waals surface area contributed by atoms with Gasteiger partial charge < -0.3 is 10.3 Å². The number of imide groups is 1. The molecule has 1 atom stereocenters. The fourth-order valence-electron chi connectivity index (χ4n) is 1.73. The Morgan fingerprint density at radius 2 is 2.26 bits per heavy atom. The monoisotopic (exact) mass is 263 g/mol. The predicted octanol–water partition coefficient (Wildman–Crippen LogP) is -1.15. The molecular formula is C11H13N5O3. The Labute approximate surface area is 108 Å². The molecule has 0 saturated carbocycles. The molecule has 1 aromatic rings. The standard InChI is InChI=1S/C11H13N5O3/c1-6-10(18)14-9(17)5-16(6)11(19)7-2-3-8(15-12)13-4-7/h2-4,6H,5,12H2,1H3,(H,13,15)(H,14,17,18). The minimum Gasteiger partial charge on any atom is -0.318 e. The number of nitrogens with two attached hydrogens (primary N) is 1. The smallest absolute Gasteiger partial charge is 0.256 e. The number of carbonyl (C=O) groups is 3. The lowest BCUT2D eigenvalue weighted by Gasteiger charge is -2.31. The summed E-state index contributed by atoms with van der Waals surface area (Å²) in [5.74, 6) is 4.18. The molecule has 0 radical (unpaired) electrons. The van der Waals surface area contributed by atoms with Crippen molar-refractivity contribution in [1.82, 2.24) is 15.2 Å². The average Bonchev–Trinajstić information content (AvgIpc) is 2.42. The van der Waals surface area contributed by atoms with Gasteiger partial charge in [-0.2, -0.15) is 0 Å². The van der Waals surface area contributed by atoms with Gasteiger partial charge in [0.25, 0.3) is 5.91 Å². The maximum atomic E-state index is 12.2. The summed E-state index contributed by atoms with van der Waals surface area (Å²) in [5.41, 5.74) is 2.63. The molecule has 1 fully saturated rings. The number of hydrazine groups is 1. The number of anilines is 1. The molecule has 0 aliphatic carbocycles. The highest BCUT2D eigenvalue weighted by molar-refractivity contribution is 6.07. The largest absolute Gasteiger partial charge is 0.318 e. The minimum absolute atomic E-state index is 0.150. The number of nitrogens with zero attached hydrogens (tertiary/aromatic N) is 2. The van der Waals surface area contributed by atoms with Crippen LogP contribution in [0.2, 0.25) is 0 Å². The Balaban J connectivity index is 2.22. The second kappa shape index (κ2) is 5.02. The maximum Gasteiger partial charge on any atom is 0.256 e. The van der Waals surface area contributed by atoms with Crippen LogP contribution in [0.15, 0.2) is 18.3 Å². The van der Waals surface area contributed by atoms with E-state index in [1.54, 1.807) is 6.92 Å². The predicted molar refractivity (Wildman–Crippen MR) is 65.7 cm³/mol. The number of piperazine rings is 1. The van der Waals surface area contributed by atoms with Crippen molar-refractivity contribution < 1.29 is 14.4 Å². The van der Waals surface area contributed by atoms with Crippen LogP contribution in [0.5, 0.6) is 0 Å². The third-order valence-electron chi connectivity index (χ3n) is 2.84. The molecule has 8 nitrogen and oxygen atoms in total. The van der Waals surface area contributed by atoms with Crippen LogP contribution < -0.4 is 16.6 Å². The molecule has 3 amide bonds. The molecule has 1 aliphatic heterocycles. The number of pyridine rings is 1. The van der Waals surface area contributed by atoms with Gasteiger partial charge in [-0.05, 0) is 19.1 Å². The molecule has 0 spiro atoms. The molecule has 1 saturated heterocycles. The van der Waals surface area contributed by atoms with Gasteiger partial charge in [-0.1, -0.05) is 0 Å². The van der Waals surface area contributed by atoms with Crippen molar-refractivity contribution in [3.8, 4) is 0 Å². The van der Waals surface area contributed by atoms with Crippen LogP contribution >= 0.6 is 0 Å². The van der Waals surface area contributed by atoms with Gasteiger partial charge in [0, 0.05) is 6.20 Å². The van der Waals surface area contributed by atoms with Gasteiger partial charge in [0.05, 0.1) is 5.56 Å². The summed E-state index contributed by atoms with van der Waals surface area (Å²) in [6, 6.07) is 2.36. The minimum atomic E-state index is -0.697. The van der Waals surface area contributed by atoms with Gasteiger partial charge in [0.1, 0.15) is 18.4 Å². The van der Waals surface area contributed by atoms with Crippen molar-refractivity contribution in [2.24, 2.45) is 5.84 Å². The van der Waals surface area contributed by atoms with Crippen LogP contribution in [0.4, 0.5) is 5.82 Å². The Hall–Kier alpha value is -2.48. The van der Waals surface area contributed by atoms with E-state index >= 15 is 0 Å². The van der Waals surface area contributed by atoms with E-state index in [9.17, 15) is 14.4 Å². The molecule has 1 aliphatic rings. The lowest BCUT2D eigenvalue weighted by atomic mass is 10.1. The quantitative estimate of drug-likeness (QED) is 0.352. The first kappa shape index (κ1) is 13.0. The van der Waals surface area contributed by atoms with Crippen LogP contribution in [-0.2, 0) is 9.59 Å². The number of nitrogen functional groups attached to an aromatic ring is 1. The van der Waals surface area contributed by atoms with E-state index in [1.807, 2.05) is 0 Å². The van der Waals surface area contributed by atoms with Gasteiger partial charge >= 0.3 is 0 Å². The van der Waals surface area contributed by atoms with Crippen LogP contribution in [0.1, 0.15) is 17.3 Å². The molecule has 1 unspecified atom stereocenters. The molecule has 4 N–H and O–H groups in total. The van der Waals surface area contributed by atoms with Gasteiger partial charge in [-0.15, -0.1) is 0 Å². The summed E-state index contributed by atoms with van der Waals surface area (Å²) < 4.78 is 0. The zero-order valence-electron chi connectivity index (χ0n) is 10.2. The third-order valence-corrected chi connectivity index (χ3v) is 2.84. The number of aromatic nitrogens is 1. The normalized spacial score (nSPS) is 19.1. The van der Waals surface area contributed by atoms with Crippen LogP contribution in [-0.4, -0.2) is 40.2 Å². The van der Waals surface area contributed by atoms with Gasteiger partial charge in [0.15, 0.2) is 0 Å². The topological polar surface area (TPSA) is 117 Å². The van der Waals surface area contributed by atoms with E-state index in [0.29, 0.717) is 5.82 Å². The third kappa shape index (κ3) is 2.52. The Morgan fingerprint density at radius 3 is 2.84 bits per heavy atom. The Kier molecular flexibility index (Phi) is 3.43. The van der Waals surface area contributed by atoms with Gasteiger partial charge in [-0.25, -0.2) is 10.8 Å². The average molecular weight is 263 g/mol. The van der Waals surface area contributed by atoms with Crippen LogP contribution in [0, 0.1) is 0 Å². The SMILES string of the molecule is CC1C(=O)NC(=O)CN1C(=O)c1ccc(NN)nc1. The molecule has 0 aromatic carbocycles. The summed E-state index contributed by atoms with van der Waals surface area (Å²) >= 11 is 0. The Bertz CT molecular complexity index is 528. The zero-order valence-corrected chi connectivity index (χ0v) is 10.2. The van der Waals surface area contributed by atoms with E-state index in [1.165, 1.54) is 23.2 Å².